The second kappa shape index (κ2) is 5.21. The van der Waals surface area contributed by atoms with Gasteiger partial charge in [-0.25, -0.2) is 0 Å². The summed E-state index contributed by atoms with van der Waals surface area (Å²) in [5, 5.41) is 1.02. The molecule has 1 atom stereocenters. The molecule has 1 saturated heterocycles. The standard InChI is InChI=1S/C14H16BrN3S/c1-18(10-4-5-19-8-10)13-3-2-12(16)11-6-9(15)7-17-14(11)13/h2-3,6-7,10H,4-5,8,16H2,1H3. The van der Waals surface area contributed by atoms with E-state index in [4.69, 9.17) is 5.73 Å². The molecule has 0 saturated carbocycles. The van der Waals surface area contributed by atoms with Gasteiger partial charge in [-0.1, -0.05) is 0 Å². The summed E-state index contributed by atoms with van der Waals surface area (Å²) in [4.78, 5) is 6.91. The summed E-state index contributed by atoms with van der Waals surface area (Å²) in [5.41, 5.74) is 9.00. The Balaban J connectivity index is 2.10. The van der Waals surface area contributed by atoms with Crippen LogP contribution >= 0.6 is 27.7 Å². The van der Waals surface area contributed by atoms with E-state index in [2.05, 4.69) is 38.9 Å². The number of thioether (sulfide) groups is 1. The van der Waals surface area contributed by atoms with Crippen molar-refractivity contribution < 1.29 is 0 Å². The summed E-state index contributed by atoms with van der Waals surface area (Å²) in [5.74, 6) is 2.44. The van der Waals surface area contributed by atoms with Crippen molar-refractivity contribution in [2.24, 2.45) is 0 Å². The first-order chi connectivity index (χ1) is 9.16. The van der Waals surface area contributed by atoms with E-state index >= 15 is 0 Å². The lowest BCUT2D eigenvalue weighted by Gasteiger charge is -2.27. The second-order valence-electron chi connectivity index (χ2n) is 4.85. The maximum Gasteiger partial charge on any atom is 0.0956 e. The number of nitrogens with zero attached hydrogens (tertiary/aromatic N) is 2. The third-order valence-corrected chi connectivity index (χ3v) is 5.24. The number of benzene rings is 1. The van der Waals surface area contributed by atoms with Crippen molar-refractivity contribution in [1.29, 1.82) is 0 Å². The molecule has 5 heteroatoms. The summed E-state index contributed by atoms with van der Waals surface area (Å²) >= 11 is 5.48. The Kier molecular flexibility index (Phi) is 3.58. The lowest BCUT2D eigenvalue weighted by atomic mass is 10.1. The van der Waals surface area contributed by atoms with Crippen molar-refractivity contribution in [2.45, 2.75) is 12.5 Å². The Morgan fingerprint density at radius 1 is 1.47 bits per heavy atom. The predicted molar refractivity (Wildman–Crippen MR) is 88.0 cm³/mol. The molecule has 1 aliphatic rings. The molecule has 100 valence electrons. The molecule has 0 radical (unpaired) electrons. The molecule has 0 amide bonds. The van der Waals surface area contributed by atoms with Crippen molar-refractivity contribution in [3.05, 3.63) is 28.9 Å². The fraction of sp³-hybridized carbons (Fsp3) is 0.357. The summed E-state index contributed by atoms with van der Waals surface area (Å²) in [6.07, 6.45) is 3.08. The number of anilines is 2. The van der Waals surface area contributed by atoms with E-state index in [-0.39, 0.29) is 0 Å². The van der Waals surface area contributed by atoms with Gasteiger partial charge in [-0.3, -0.25) is 4.98 Å². The molecule has 19 heavy (non-hydrogen) atoms. The summed E-state index contributed by atoms with van der Waals surface area (Å²) in [6, 6.07) is 6.70. The quantitative estimate of drug-likeness (QED) is 0.851. The van der Waals surface area contributed by atoms with E-state index in [9.17, 15) is 0 Å². The highest BCUT2D eigenvalue weighted by atomic mass is 79.9. The molecule has 1 aromatic carbocycles. The number of nitrogens with two attached hydrogens (primary N) is 1. The third kappa shape index (κ3) is 2.41. The number of aromatic nitrogens is 1. The van der Waals surface area contributed by atoms with Crippen molar-refractivity contribution in [2.75, 3.05) is 29.2 Å². The van der Waals surface area contributed by atoms with Crippen molar-refractivity contribution in [3.63, 3.8) is 0 Å². The average Bonchev–Trinajstić information content (AvgIpc) is 2.93. The highest BCUT2D eigenvalue weighted by molar-refractivity contribution is 9.10. The average molecular weight is 338 g/mol. The van der Waals surface area contributed by atoms with Gasteiger partial charge in [0.15, 0.2) is 0 Å². The molecular formula is C14H16BrN3S. The van der Waals surface area contributed by atoms with E-state index in [0.29, 0.717) is 6.04 Å². The van der Waals surface area contributed by atoms with Crippen molar-refractivity contribution in [3.8, 4) is 0 Å². The van der Waals surface area contributed by atoms with Crippen LogP contribution in [0.4, 0.5) is 11.4 Å². The van der Waals surface area contributed by atoms with Gasteiger partial charge in [0.1, 0.15) is 0 Å². The highest BCUT2D eigenvalue weighted by Gasteiger charge is 2.22. The molecule has 2 N–H and O–H groups in total. The maximum atomic E-state index is 6.06. The van der Waals surface area contributed by atoms with E-state index in [1.54, 1.807) is 0 Å². The Hall–Kier alpha value is -0.940. The first-order valence-electron chi connectivity index (χ1n) is 6.31. The van der Waals surface area contributed by atoms with Crippen LogP contribution in [-0.4, -0.2) is 29.6 Å². The number of pyridine rings is 1. The van der Waals surface area contributed by atoms with Crippen LogP contribution in [0.5, 0.6) is 0 Å². The van der Waals surface area contributed by atoms with Crippen molar-refractivity contribution in [1.82, 2.24) is 4.98 Å². The fourth-order valence-corrected chi connectivity index (χ4v) is 4.11. The molecule has 1 aliphatic heterocycles. The number of fused-ring (bicyclic) bond motifs is 1. The molecule has 3 nitrogen and oxygen atoms in total. The van der Waals surface area contributed by atoms with Gasteiger partial charge in [0.25, 0.3) is 0 Å². The van der Waals surface area contributed by atoms with Crippen LogP contribution in [0.15, 0.2) is 28.9 Å². The molecule has 1 aromatic heterocycles. The Morgan fingerprint density at radius 3 is 3.05 bits per heavy atom. The molecular weight excluding hydrogens is 322 g/mol. The van der Waals surface area contributed by atoms with E-state index in [0.717, 1.165) is 21.1 Å². The van der Waals surface area contributed by atoms with Crippen LogP contribution in [0.2, 0.25) is 0 Å². The lowest BCUT2D eigenvalue weighted by molar-refractivity contribution is 0.701. The van der Waals surface area contributed by atoms with Crippen molar-refractivity contribution >= 4 is 50.0 Å². The van der Waals surface area contributed by atoms with Crippen LogP contribution in [0, 0.1) is 0 Å². The fourth-order valence-electron chi connectivity index (χ4n) is 2.51. The second-order valence-corrected chi connectivity index (χ2v) is 6.92. The minimum atomic E-state index is 0.599. The molecule has 2 heterocycles. The minimum absolute atomic E-state index is 0.599. The van der Waals surface area contributed by atoms with Gasteiger partial charge in [-0.2, -0.15) is 11.8 Å². The number of rotatable bonds is 2. The lowest BCUT2D eigenvalue weighted by Crippen LogP contribution is -2.31. The monoisotopic (exact) mass is 337 g/mol. The maximum absolute atomic E-state index is 6.06. The van der Waals surface area contributed by atoms with Crippen LogP contribution in [0.3, 0.4) is 0 Å². The Labute approximate surface area is 125 Å². The van der Waals surface area contributed by atoms with Crippen LogP contribution in [0.1, 0.15) is 6.42 Å². The first-order valence-corrected chi connectivity index (χ1v) is 8.26. The number of halogens is 1. The van der Waals surface area contributed by atoms with Gasteiger partial charge in [0.05, 0.1) is 11.2 Å². The zero-order valence-corrected chi connectivity index (χ0v) is 13.2. The first kappa shape index (κ1) is 13.1. The molecule has 3 rings (SSSR count). The molecule has 0 spiro atoms. The summed E-state index contributed by atoms with van der Waals surface area (Å²) in [6.45, 7) is 0. The topological polar surface area (TPSA) is 42.1 Å². The minimum Gasteiger partial charge on any atom is -0.398 e. The van der Waals surface area contributed by atoms with Crippen LogP contribution in [0.25, 0.3) is 10.9 Å². The molecule has 0 aliphatic carbocycles. The smallest absolute Gasteiger partial charge is 0.0956 e. The van der Waals surface area contributed by atoms with Crippen LogP contribution in [-0.2, 0) is 0 Å². The van der Waals surface area contributed by atoms with E-state index < -0.39 is 0 Å². The Morgan fingerprint density at radius 2 is 2.32 bits per heavy atom. The number of nitrogen functional groups attached to an aromatic ring is 1. The van der Waals surface area contributed by atoms with Gasteiger partial charge in [0, 0.05) is 40.6 Å². The van der Waals surface area contributed by atoms with Gasteiger partial charge in [-0.15, -0.1) is 0 Å². The zero-order valence-electron chi connectivity index (χ0n) is 10.8. The Bertz CT molecular complexity index is 611. The molecule has 2 aromatic rings. The van der Waals surface area contributed by atoms with E-state index in [1.807, 2.05) is 30.1 Å². The predicted octanol–water partition coefficient (Wildman–Crippen LogP) is 3.52. The zero-order chi connectivity index (χ0) is 13.4. The van der Waals surface area contributed by atoms with Gasteiger partial charge < -0.3 is 10.6 Å². The SMILES string of the molecule is CN(c1ccc(N)c2cc(Br)cnc12)C1CCSC1. The van der Waals surface area contributed by atoms with Gasteiger partial charge >= 0.3 is 0 Å². The third-order valence-electron chi connectivity index (χ3n) is 3.66. The summed E-state index contributed by atoms with van der Waals surface area (Å²) in [7, 11) is 2.16. The molecule has 1 unspecified atom stereocenters. The van der Waals surface area contributed by atoms with Crippen LogP contribution < -0.4 is 10.6 Å². The number of hydrogen-bond donors (Lipinski definition) is 1. The molecule has 1 fully saturated rings. The number of hydrogen-bond acceptors (Lipinski definition) is 4. The van der Waals surface area contributed by atoms with E-state index in [1.165, 1.54) is 23.6 Å². The normalized spacial score (nSPS) is 18.9. The largest absolute Gasteiger partial charge is 0.398 e. The molecule has 0 bridgehead atoms. The van der Waals surface area contributed by atoms with Gasteiger partial charge in [-0.05, 0) is 46.3 Å². The summed E-state index contributed by atoms with van der Waals surface area (Å²) < 4.78 is 0.961. The van der Waals surface area contributed by atoms with Gasteiger partial charge in [0.2, 0.25) is 0 Å². The highest BCUT2D eigenvalue weighted by Crippen LogP contribution is 2.33.